The number of nitrogens with two attached hydrogens (primary N) is 1. The molecule has 0 aliphatic carbocycles. The summed E-state index contributed by atoms with van der Waals surface area (Å²) in [6, 6.07) is 1.98. The van der Waals surface area contributed by atoms with Gasteiger partial charge < -0.3 is 11.1 Å². The fourth-order valence-corrected chi connectivity index (χ4v) is 3.22. The molecular formula is C12H14N6S2. The molecule has 0 saturated heterocycles. The lowest BCUT2D eigenvalue weighted by atomic mass is 10.2. The van der Waals surface area contributed by atoms with Gasteiger partial charge in [0.15, 0.2) is 0 Å². The molecule has 0 aliphatic heterocycles. The minimum atomic E-state index is 0.521. The molecule has 3 heterocycles. The number of nitrogens with one attached hydrogen (secondary N) is 1. The average Bonchev–Trinajstić information content (AvgIpc) is 3.09. The number of hydrogen-bond donors (Lipinski definition) is 2. The Hall–Kier alpha value is -1.93. The van der Waals surface area contributed by atoms with Gasteiger partial charge in [-0.15, -0.1) is 11.3 Å². The van der Waals surface area contributed by atoms with Gasteiger partial charge in [0.2, 0.25) is 0 Å². The summed E-state index contributed by atoms with van der Waals surface area (Å²) in [6.07, 6.45) is 1.78. The smallest absolute Gasteiger partial charge is 0.148 e. The fraction of sp³-hybridized carbons (Fsp3) is 0.250. The minimum Gasteiger partial charge on any atom is -0.382 e. The summed E-state index contributed by atoms with van der Waals surface area (Å²) < 4.78 is 6.06. The average molecular weight is 306 g/mol. The van der Waals surface area contributed by atoms with Crippen molar-refractivity contribution in [1.82, 2.24) is 19.1 Å². The summed E-state index contributed by atoms with van der Waals surface area (Å²) in [4.78, 5) is 4.48. The Labute approximate surface area is 124 Å². The third-order valence-electron chi connectivity index (χ3n) is 2.95. The Balaban J connectivity index is 1.86. The van der Waals surface area contributed by atoms with Crippen LogP contribution in [0.1, 0.15) is 10.7 Å². The van der Waals surface area contributed by atoms with Gasteiger partial charge >= 0.3 is 0 Å². The SMILES string of the molecule is Cc1nc(-c2c(N)nsc2NCc2ccnn2C)cs1. The predicted octanol–water partition coefficient (Wildman–Crippen LogP) is 2.50. The van der Waals surface area contributed by atoms with E-state index in [0.29, 0.717) is 12.4 Å². The van der Waals surface area contributed by atoms with E-state index >= 15 is 0 Å². The van der Waals surface area contributed by atoms with Crippen molar-refractivity contribution in [2.24, 2.45) is 7.05 Å². The van der Waals surface area contributed by atoms with Crippen LogP contribution in [0.2, 0.25) is 0 Å². The Kier molecular flexibility index (Phi) is 3.41. The van der Waals surface area contributed by atoms with Crippen LogP contribution in [0.3, 0.4) is 0 Å². The first-order valence-corrected chi connectivity index (χ1v) is 7.69. The maximum atomic E-state index is 5.97. The van der Waals surface area contributed by atoms with Crippen molar-refractivity contribution >= 4 is 33.7 Å². The van der Waals surface area contributed by atoms with Gasteiger partial charge in [0.1, 0.15) is 10.8 Å². The highest BCUT2D eigenvalue weighted by Gasteiger charge is 2.16. The molecule has 8 heteroatoms. The van der Waals surface area contributed by atoms with E-state index in [1.54, 1.807) is 17.5 Å². The molecule has 0 atom stereocenters. The Morgan fingerprint density at radius 3 is 2.95 bits per heavy atom. The zero-order valence-corrected chi connectivity index (χ0v) is 12.8. The minimum absolute atomic E-state index is 0.521. The number of nitrogens with zero attached hydrogens (tertiary/aromatic N) is 4. The number of aromatic nitrogens is 4. The molecule has 0 aliphatic rings. The molecule has 0 bridgehead atoms. The van der Waals surface area contributed by atoms with Crippen LogP contribution in [0.5, 0.6) is 0 Å². The predicted molar refractivity (Wildman–Crippen MR) is 82.9 cm³/mol. The van der Waals surface area contributed by atoms with Gasteiger partial charge in [0.05, 0.1) is 28.5 Å². The van der Waals surface area contributed by atoms with Gasteiger partial charge in [0.25, 0.3) is 0 Å². The highest BCUT2D eigenvalue weighted by atomic mass is 32.1. The van der Waals surface area contributed by atoms with Gasteiger partial charge in [-0.25, -0.2) is 4.98 Å². The summed E-state index contributed by atoms with van der Waals surface area (Å²) in [5.74, 6) is 0.521. The largest absolute Gasteiger partial charge is 0.382 e. The third kappa shape index (κ3) is 2.39. The van der Waals surface area contributed by atoms with Crippen LogP contribution >= 0.6 is 22.9 Å². The molecular weight excluding hydrogens is 292 g/mol. The summed E-state index contributed by atoms with van der Waals surface area (Å²) in [7, 11) is 1.92. The lowest BCUT2D eigenvalue weighted by Crippen LogP contribution is -2.05. The molecule has 0 fully saturated rings. The molecule has 0 radical (unpaired) electrons. The van der Waals surface area contributed by atoms with Crippen molar-refractivity contribution in [3.05, 3.63) is 28.3 Å². The lowest BCUT2D eigenvalue weighted by molar-refractivity contribution is 0.721. The Bertz CT molecular complexity index is 726. The molecule has 3 aromatic rings. The topological polar surface area (TPSA) is 81.7 Å². The van der Waals surface area contributed by atoms with Crippen molar-refractivity contribution in [3.8, 4) is 11.3 Å². The molecule has 0 saturated carbocycles. The molecule has 0 amide bonds. The quantitative estimate of drug-likeness (QED) is 0.774. The number of rotatable bonds is 4. The molecule has 0 spiro atoms. The number of anilines is 2. The van der Waals surface area contributed by atoms with Crippen LogP contribution in [0.25, 0.3) is 11.3 Å². The number of hydrogen-bond acceptors (Lipinski definition) is 7. The van der Waals surface area contributed by atoms with Crippen LogP contribution in [-0.4, -0.2) is 19.1 Å². The molecule has 6 nitrogen and oxygen atoms in total. The number of aryl methyl sites for hydroxylation is 2. The van der Waals surface area contributed by atoms with Crippen molar-refractivity contribution in [2.45, 2.75) is 13.5 Å². The van der Waals surface area contributed by atoms with E-state index in [9.17, 15) is 0 Å². The van der Waals surface area contributed by atoms with E-state index in [-0.39, 0.29) is 0 Å². The molecule has 20 heavy (non-hydrogen) atoms. The maximum absolute atomic E-state index is 5.97. The molecule has 3 aromatic heterocycles. The number of thiazole rings is 1. The Morgan fingerprint density at radius 2 is 2.30 bits per heavy atom. The standard InChI is InChI=1S/C12H14N6S2/c1-7-16-9(6-19-7)10-11(13)17-20-12(10)14-5-8-3-4-15-18(8)2/h3-4,6,14H,5H2,1-2H3,(H2,13,17). The summed E-state index contributed by atoms with van der Waals surface area (Å²) in [6.45, 7) is 2.65. The van der Waals surface area contributed by atoms with Gasteiger partial charge in [-0.2, -0.15) is 9.47 Å². The van der Waals surface area contributed by atoms with Crippen LogP contribution < -0.4 is 11.1 Å². The highest BCUT2D eigenvalue weighted by Crippen LogP contribution is 2.37. The van der Waals surface area contributed by atoms with Crippen molar-refractivity contribution in [3.63, 3.8) is 0 Å². The zero-order valence-electron chi connectivity index (χ0n) is 11.1. The highest BCUT2D eigenvalue weighted by molar-refractivity contribution is 7.11. The monoisotopic (exact) mass is 306 g/mol. The summed E-state index contributed by atoms with van der Waals surface area (Å²) in [5.41, 5.74) is 8.83. The zero-order chi connectivity index (χ0) is 14.1. The van der Waals surface area contributed by atoms with Crippen molar-refractivity contribution in [1.29, 1.82) is 0 Å². The van der Waals surface area contributed by atoms with E-state index in [1.807, 2.05) is 30.1 Å². The van der Waals surface area contributed by atoms with Crippen molar-refractivity contribution in [2.75, 3.05) is 11.1 Å². The summed E-state index contributed by atoms with van der Waals surface area (Å²) >= 11 is 2.96. The second-order valence-corrected chi connectivity index (χ2v) is 6.16. The molecule has 0 aromatic carbocycles. The van der Waals surface area contributed by atoms with Gasteiger partial charge in [-0.3, -0.25) is 4.68 Å². The van der Waals surface area contributed by atoms with Crippen LogP contribution in [0.15, 0.2) is 17.6 Å². The van der Waals surface area contributed by atoms with Crippen LogP contribution in [0, 0.1) is 6.92 Å². The first-order chi connectivity index (χ1) is 9.65. The van der Waals surface area contributed by atoms with Gasteiger partial charge in [-0.1, -0.05) is 0 Å². The van der Waals surface area contributed by atoms with E-state index < -0.39 is 0 Å². The normalized spacial score (nSPS) is 10.9. The second kappa shape index (κ2) is 5.22. The molecule has 104 valence electrons. The van der Waals surface area contributed by atoms with Gasteiger partial charge in [-0.05, 0) is 24.5 Å². The first-order valence-electron chi connectivity index (χ1n) is 6.03. The number of nitrogen functional groups attached to an aromatic ring is 1. The summed E-state index contributed by atoms with van der Waals surface area (Å²) in [5, 5.41) is 11.5. The van der Waals surface area contributed by atoms with E-state index in [0.717, 1.165) is 27.0 Å². The van der Waals surface area contributed by atoms with E-state index in [1.165, 1.54) is 11.5 Å². The third-order valence-corrected chi connectivity index (χ3v) is 4.54. The fourth-order valence-electron chi connectivity index (χ4n) is 1.89. The maximum Gasteiger partial charge on any atom is 0.148 e. The van der Waals surface area contributed by atoms with Crippen LogP contribution in [0.4, 0.5) is 10.8 Å². The molecule has 3 rings (SSSR count). The molecule has 0 unspecified atom stereocenters. The lowest BCUT2D eigenvalue weighted by Gasteiger charge is -2.06. The van der Waals surface area contributed by atoms with E-state index in [2.05, 4.69) is 19.8 Å². The van der Waals surface area contributed by atoms with Crippen LogP contribution in [-0.2, 0) is 13.6 Å². The Morgan fingerprint density at radius 1 is 1.45 bits per heavy atom. The van der Waals surface area contributed by atoms with E-state index in [4.69, 9.17) is 5.73 Å². The first kappa shape index (κ1) is 13.1. The van der Waals surface area contributed by atoms with Crippen molar-refractivity contribution < 1.29 is 0 Å². The van der Waals surface area contributed by atoms with Gasteiger partial charge in [0, 0.05) is 18.6 Å². The second-order valence-electron chi connectivity index (χ2n) is 4.32. The molecule has 3 N–H and O–H groups in total.